The number of aliphatic hydroxyl groups is 1. The van der Waals surface area contributed by atoms with E-state index in [0.717, 1.165) is 12.1 Å². The normalized spacial score (nSPS) is 13.3. The van der Waals surface area contributed by atoms with Crippen LogP contribution in [0.25, 0.3) is 0 Å². The van der Waals surface area contributed by atoms with E-state index >= 15 is 0 Å². The molecule has 1 unspecified atom stereocenters. The van der Waals surface area contributed by atoms with Gasteiger partial charge in [0.1, 0.15) is 5.82 Å². The zero-order chi connectivity index (χ0) is 14.1. The lowest BCUT2D eigenvalue weighted by molar-refractivity contribution is 0.0696. The van der Waals surface area contributed by atoms with Gasteiger partial charge in [0, 0.05) is 5.56 Å². The first-order chi connectivity index (χ1) is 8.15. The van der Waals surface area contributed by atoms with Crippen LogP contribution in [-0.2, 0) is 9.84 Å². The van der Waals surface area contributed by atoms with Crippen LogP contribution in [0.1, 0.15) is 22.8 Å². The van der Waals surface area contributed by atoms with Gasteiger partial charge in [0.2, 0.25) is 0 Å². The molecular weight excluding hydrogens is 263 g/mol. The van der Waals surface area contributed by atoms with Gasteiger partial charge in [-0.3, -0.25) is 0 Å². The Kier molecular flexibility index (Phi) is 4.08. The van der Waals surface area contributed by atoms with Gasteiger partial charge in [-0.05, 0) is 26.0 Å². The first-order valence-corrected chi connectivity index (χ1v) is 6.74. The van der Waals surface area contributed by atoms with Gasteiger partial charge in [-0.15, -0.1) is 0 Å². The van der Waals surface area contributed by atoms with Gasteiger partial charge in [-0.1, -0.05) is 0 Å². The SMILES string of the molecule is Cc1c(F)cc(C(=O)O)cc1S(=O)(=O)CC(C)O. The van der Waals surface area contributed by atoms with Crippen molar-refractivity contribution in [2.24, 2.45) is 0 Å². The molecule has 0 fully saturated rings. The van der Waals surface area contributed by atoms with E-state index in [2.05, 4.69) is 0 Å². The fourth-order valence-electron chi connectivity index (χ4n) is 1.51. The predicted molar refractivity (Wildman–Crippen MR) is 61.8 cm³/mol. The fourth-order valence-corrected chi connectivity index (χ4v) is 3.19. The molecule has 0 spiro atoms. The molecule has 1 rings (SSSR count). The highest BCUT2D eigenvalue weighted by Gasteiger charge is 2.23. The first kappa shape index (κ1) is 14.6. The molecule has 0 heterocycles. The maximum atomic E-state index is 13.5. The Morgan fingerprint density at radius 2 is 2.00 bits per heavy atom. The number of aromatic carboxylic acids is 1. The number of carboxylic acid groups (broad SMARTS) is 1. The summed E-state index contributed by atoms with van der Waals surface area (Å²) in [5.74, 6) is -2.91. The second kappa shape index (κ2) is 5.03. The van der Waals surface area contributed by atoms with E-state index in [1.807, 2.05) is 0 Å². The van der Waals surface area contributed by atoms with E-state index in [0.29, 0.717) is 0 Å². The fraction of sp³-hybridized carbons (Fsp3) is 0.364. The zero-order valence-corrected chi connectivity index (χ0v) is 10.7. The van der Waals surface area contributed by atoms with Crippen LogP contribution >= 0.6 is 0 Å². The lowest BCUT2D eigenvalue weighted by atomic mass is 10.1. The Labute approximate surface area is 104 Å². The molecule has 0 aliphatic rings. The van der Waals surface area contributed by atoms with Crippen LogP contribution in [0.3, 0.4) is 0 Å². The molecule has 0 saturated carbocycles. The summed E-state index contributed by atoms with van der Waals surface area (Å²) in [6, 6.07) is 1.66. The van der Waals surface area contributed by atoms with E-state index in [1.165, 1.54) is 13.8 Å². The smallest absolute Gasteiger partial charge is 0.335 e. The third kappa shape index (κ3) is 3.05. The summed E-state index contributed by atoms with van der Waals surface area (Å²) in [7, 11) is -3.92. The van der Waals surface area contributed by atoms with Crippen LogP contribution in [0, 0.1) is 12.7 Å². The maximum Gasteiger partial charge on any atom is 0.335 e. The molecule has 1 aromatic rings. The minimum absolute atomic E-state index is 0.152. The number of halogens is 1. The Morgan fingerprint density at radius 1 is 1.44 bits per heavy atom. The summed E-state index contributed by atoms with van der Waals surface area (Å²) in [4.78, 5) is 10.4. The lowest BCUT2D eigenvalue weighted by Gasteiger charge is -2.11. The zero-order valence-electron chi connectivity index (χ0n) is 9.84. The van der Waals surface area contributed by atoms with Crippen molar-refractivity contribution in [3.63, 3.8) is 0 Å². The second-order valence-corrected chi connectivity index (χ2v) is 6.02. The standard InChI is InChI=1S/C11H13FO5S/c1-6(13)5-18(16,17)10-4-8(11(14)15)3-9(12)7(10)2/h3-4,6,13H,5H2,1-2H3,(H,14,15). The number of benzene rings is 1. The van der Waals surface area contributed by atoms with Crippen molar-refractivity contribution in [1.82, 2.24) is 0 Å². The largest absolute Gasteiger partial charge is 0.478 e. The van der Waals surface area contributed by atoms with Crippen LogP contribution in [0.5, 0.6) is 0 Å². The molecule has 0 saturated heterocycles. The number of sulfone groups is 1. The summed E-state index contributed by atoms with van der Waals surface area (Å²) in [5, 5.41) is 17.9. The molecule has 7 heteroatoms. The minimum Gasteiger partial charge on any atom is -0.478 e. The molecule has 0 aliphatic heterocycles. The highest BCUT2D eigenvalue weighted by atomic mass is 32.2. The number of carboxylic acids is 1. The van der Waals surface area contributed by atoms with Gasteiger partial charge in [-0.2, -0.15) is 0 Å². The molecule has 5 nitrogen and oxygen atoms in total. The predicted octanol–water partition coefficient (Wildman–Crippen LogP) is 0.987. The Morgan fingerprint density at radius 3 is 2.44 bits per heavy atom. The highest BCUT2D eigenvalue weighted by Crippen LogP contribution is 2.22. The molecule has 1 atom stereocenters. The van der Waals surface area contributed by atoms with Crippen molar-refractivity contribution >= 4 is 15.8 Å². The molecule has 0 radical (unpaired) electrons. The van der Waals surface area contributed by atoms with E-state index in [-0.39, 0.29) is 5.56 Å². The number of carbonyl (C=O) groups is 1. The Bertz CT molecular complexity index is 577. The minimum atomic E-state index is -3.92. The van der Waals surface area contributed by atoms with Crippen molar-refractivity contribution < 1.29 is 27.8 Å². The summed E-state index contributed by atoms with van der Waals surface area (Å²) in [5.41, 5.74) is -0.595. The number of rotatable bonds is 4. The van der Waals surface area contributed by atoms with E-state index < -0.39 is 43.9 Å². The third-order valence-electron chi connectivity index (χ3n) is 2.34. The van der Waals surface area contributed by atoms with Crippen LogP contribution in [0.2, 0.25) is 0 Å². The van der Waals surface area contributed by atoms with Crippen molar-refractivity contribution in [2.45, 2.75) is 24.8 Å². The molecule has 0 aliphatic carbocycles. The van der Waals surface area contributed by atoms with Gasteiger partial charge >= 0.3 is 5.97 Å². The summed E-state index contributed by atoms with van der Waals surface area (Å²) < 4.78 is 37.2. The summed E-state index contributed by atoms with van der Waals surface area (Å²) >= 11 is 0. The first-order valence-electron chi connectivity index (χ1n) is 5.09. The van der Waals surface area contributed by atoms with Crippen molar-refractivity contribution in [3.8, 4) is 0 Å². The number of hydrogen-bond donors (Lipinski definition) is 2. The third-order valence-corrected chi connectivity index (χ3v) is 4.35. The molecule has 100 valence electrons. The topological polar surface area (TPSA) is 91.7 Å². The monoisotopic (exact) mass is 276 g/mol. The summed E-state index contributed by atoms with van der Waals surface area (Å²) in [6.07, 6.45) is -1.12. The lowest BCUT2D eigenvalue weighted by Crippen LogP contribution is -2.19. The van der Waals surface area contributed by atoms with Gasteiger partial charge in [0.15, 0.2) is 9.84 Å². The van der Waals surface area contributed by atoms with Crippen molar-refractivity contribution in [3.05, 3.63) is 29.1 Å². The van der Waals surface area contributed by atoms with Gasteiger partial charge in [-0.25, -0.2) is 17.6 Å². The molecule has 0 aromatic heterocycles. The Hall–Kier alpha value is -1.47. The quantitative estimate of drug-likeness (QED) is 0.855. The van der Waals surface area contributed by atoms with Gasteiger partial charge in [0.05, 0.1) is 22.3 Å². The van der Waals surface area contributed by atoms with E-state index in [4.69, 9.17) is 10.2 Å². The van der Waals surface area contributed by atoms with Gasteiger partial charge < -0.3 is 10.2 Å². The van der Waals surface area contributed by atoms with Crippen LogP contribution in [0.15, 0.2) is 17.0 Å². The van der Waals surface area contributed by atoms with Crippen LogP contribution < -0.4 is 0 Å². The number of hydrogen-bond acceptors (Lipinski definition) is 4. The van der Waals surface area contributed by atoms with E-state index in [9.17, 15) is 17.6 Å². The highest BCUT2D eigenvalue weighted by molar-refractivity contribution is 7.91. The van der Waals surface area contributed by atoms with Crippen LogP contribution in [0.4, 0.5) is 4.39 Å². The number of aliphatic hydroxyl groups excluding tert-OH is 1. The summed E-state index contributed by atoms with van der Waals surface area (Å²) in [6.45, 7) is 2.53. The molecular formula is C11H13FO5S. The Balaban J connectivity index is 3.45. The average Bonchev–Trinajstić information content (AvgIpc) is 2.19. The van der Waals surface area contributed by atoms with Crippen molar-refractivity contribution in [1.29, 1.82) is 0 Å². The second-order valence-electron chi connectivity index (χ2n) is 4.02. The molecule has 1 aromatic carbocycles. The van der Waals surface area contributed by atoms with Crippen LogP contribution in [-0.4, -0.2) is 36.5 Å². The van der Waals surface area contributed by atoms with Crippen molar-refractivity contribution in [2.75, 3.05) is 5.75 Å². The van der Waals surface area contributed by atoms with Gasteiger partial charge in [0.25, 0.3) is 0 Å². The molecule has 2 N–H and O–H groups in total. The average molecular weight is 276 g/mol. The van der Waals surface area contributed by atoms with E-state index in [1.54, 1.807) is 0 Å². The maximum absolute atomic E-state index is 13.5. The molecule has 0 bridgehead atoms. The molecule has 18 heavy (non-hydrogen) atoms. The molecule has 0 amide bonds.